The number of benzene rings is 2. The summed E-state index contributed by atoms with van der Waals surface area (Å²) >= 11 is 5.86. The van der Waals surface area contributed by atoms with Crippen LogP contribution < -0.4 is 10.6 Å². The van der Waals surface area contributed by atoms with E-state index in [1.165, 1.54) is 5.56 Å². The van der Waals surface area contributed by atoms with Gasteiger partial charge in [0.2, 0.25) is 0 Å². The molecule has 4 heteroatoms. The van der Waals surface area contributed by atoms with Gasteiger partial charge >= 0.3 is 6.03 Å². The van der Waals surface area contributed by atoms with Gasteiger partial charge in [0, 0.05) is 11.6 Å². The van der Waals surface area contributed by atoms with E-state index in [-0.39, 0.29) is 11.6 Å². The lowest BCUT2D eigenvalue weighted by Crippen LogP contribution is -2.53. The third-order valence-electron chi connectivity index (χ3n) is 4.25. The number of rotatable bonds is 4. The Bertz CT molecular complexity index is 636. The van der Waals surface area contributed by atoms with E-state index in [9.17, 15) is 4.79 Å². The molecule has 1 fully saturated rings. The number of carbonyl (C=O) groups is 1. The van der Waals surface area contributed by atoms with Gasteiger partial charge < -0.3 is 10.6 Å². The molecule has 2 N–H and O–H groups in total. The Morgan fingerprint density at radius 2 is 1.73 bits per heavy atom. The molecule has 0 spiro atoms. The maximum atomic E-state index is 12.2. The normalized spacial score (nSPS) is 15.7. The van der Waals surface area contributed by atoms with E-state index in [4.69, 9.17) is 11.6 Å². The molecule has 0 atom stereocenters. The van der Waals surface area contributed by atoms with Crippen LogP contribution in [0.3, 0.4) is 0 Å². The first-order valence-electron chi connectivity index (χ1n) is 7.54. The van der Waals surface area contributed by atoms with Gasteiger partial charge in [0.15, 0.2) is 0 Å². The zero-order valence-corrected chi connectivity index (χ0v) is 13.1. The van der Waals surface area contributed by atoms with Crippen LogP contribution in [0.4, 0.5) is 4.79 Å². The molecule has 0 heterocycles. The van der Waals surface area contributed by atoms with E-state index in [0.717, 1.165) is 24.8 Å². The van der Waals surface area contributed by atoms with Crippen molar-refractivity contribution in [2.45, 2.75) is 31.3 Å². The summed E-state index contributed by atoms with van der Waals surface area (Å²) in [5.74, 6) is 0. The molecule has 1 aliphatic carbocycles. The fourth-order valence-corrected chi connectivity index (χ4v) is 2.95. The first-order valence-corrected chi connectivity index (χ1v) is 7.92. The van der Waals surface area contributed by atoms with E-state index >= 15 is 0 Å². The van der Waals surface area contributed by atoms with Gasteiger partial charge in [0.05, 0.1) is 5.54 Å². The maximum absolute atomic E-state index is 12.2. The number of hydrogen-bond acceptors (Lipinski definition) is 1. The first kappa shape index (κ1) is 14.9. The Hall–Kier alpha value is -2.00. The third-order valence-corrected chi connectivity index (χ3v) is 4.50. The lowest BCUT2D eigenvalue weighted by Gasteiger charge is -2.43. The van der Waals surface area contributed by atoms with Gasteiger partial charge in [-0.3, -0.25) is 0 Å². The summed E-state index contributed by atoms with van der Waals surface area (Å²) in [6.45, 7) is 0.494. The van der Waals surface area contributed by atoms with Gasteiger partial charge in [0.1, 0.15) is 0 Å². The van der Waals surface area contributed by atoms with Gasteiger partial charge in [0.25, 0.3) is 0 Å². The van der Waals surface area contributed by atoms with Crippen molar-refractivity contribution in [2.24, 2.45) is 0 Å². The van der Waals surface area contributed by atoms with Crippen LogP contribution >= 0.6 is 11.6 Å². The van der Waals surface area contributed by atoms with Crippen LogP contribution in [0.15, 0.2) is 54.6 Å². The molecule has 22 heavy (non-hydrogen) atoms. The van der Waals surface area contributed by atoms with Crippen LogP contribution in [0.1, 0.15) is 30.4 Å². The molecule has 2 amide bonds. The smallest absolute Gasteiger partial charge is 0.315 e. The van der Waals surface area contributed by atoms with Crippen LogP contribution in [-0.4, -0.2) is 6.03 Å². The lowest BCUT2D eigenvalue weighted by molar-refractivity contribution is 0.177. The fraction of sp³-hybridized carbons (Fsp3) is 0.278. The number of halogens is 1. The minimum Gasteiger partial charge on any atom is -0.334 e. The monoisotopic (exact) mass is 314 g/mol. The lowest BCUT2D eigenvalue weighted by atomic mass is 9.72. The second-order valence-electron chi connectivity index (χ2n) is 5.74. The molecular formula is C18H19ClN2O. The summed E-state index contributed by atoms with van der Waals surface area (Å²) in [5.41, 5.74) is 2.01. The van der Waals surface area contributed by atoms with E-state index in [0.29, 0.717) is 11.6 Å². The molecule has 2 aromatic rings. The molecule has 0 aliphatic heterocycles. The standard InChI is InChI=1S/C18H19ClN2O/c19-16-9-7-14(8-10-16)13-20-17(22)21-18(11-4-12-18)15-5-2-1-3-6-15/h1-3,5-10H,4,11-13H2,(H2,20,21,22). The summed E-state index contributed by atoms with van der Waals surface area (Å²) in [4.78, 5) is 12.2. The number of hydrogen-bond donors (Lipinski definition) is 2. The molecule has 0 radical (unpaired) electrons. The molecule has 0 bridgehead atoms. The quantitative estimate of drug-likeness (QED) is 0.871. The molecule has 3 nitrogen and oxygen atoms in total. The van der Waals surface area contributed by atoms with E-state index in [1.54, 1.807) is 0 Å². The molecule has 1 aliphatic rings. The topological polar surface area (TPSA) is 41.1 Å². The van der Waals surface area contributed by atoms with Gasteiger partial charge in [-0.1, -0.05) is 54.1 Å². The Kier molecular flexibility index (Phi) is 4.34. The van der Waals surface area contributed by atoms with Crippen molar-refractivity contribution in [1.82, 2.24) is 10.6 Å². The summed E-state index contributed by atoms with van der Waals surface area (Å²) in [5, 5.41) is 6.77. The molecule has 3 rings (SSSR count). The van der Waals surface area contributed by atoms with Crippen LogP contribution in [0, 0.1) is 0 Å². The molecule has 0 unspecified atom stereocenters. The molecule has 0 aromatic heterocycles. The zero-order chi connectivity index (χ0) is 15.4. The molecule has 1 saturated carbocycles. The zero-order valence-electron chi connectivity index (χ0n) is 12.3. The number of carbonyl (C=O) groups excluding carboxylic acids is 1. The summed E-state index contributed by atoms with van der Waals surface area (Å²) in [6, 6.07) is 17.6. The Morgan fingerprint density at radius 1 is 1.05 bits per heavy atom. The van der Waals surface area contributed by atoms with Crippen molar-refractivity contribution < 1.29 is 4.79 Å². The molecule has 2 aromatic carbocycles. The first-order chi connectivity index (χ1) is 10.7. The molecule has 114 valence electrons. The van der Waals surface area contributed by atoms with Gasteiger partial charge in [-0.05, 0) is 42.5 Å². The van der Waals surface area contributed by atoms with Crippen molar-refractivity contribution in [3.05, 3.63) is 70.7 Å². The fourth-order valence-electron chi connectivity index (χ4n) is 2.82. The average Bonchev–Trinajstić information content (AvgIpc) is 2.51. The van der Waals surface area contributed by atoms with E-state index in [1.807, 2.05) is 42.5 Å². The summed E-state index contributed by atoms with van der Waals surface area (Å²) < 4.78 is 0. The van der Waals surface area contributed by atoms with Crippen molar-refractivity contribution >= 4 is 17.6 Å². The van der Waals surface area contributed by atoms with Crippen molar-refractivity contribution in [3.8, 4) is 0 Å². The highest BCUT2D eigenvalue weighted by Gasteiger charge is 2.39. The Balaban J connectivity index is 1.60. The SMILES string of the molecule is O=C(NCc1ccc(Cl)cc1)NC1(c2ccccc2)CCC1. The Morgan fingerprint density at radius 3 is 2.32 bits per heavy atom. The van der Waals surface area contributed by atoms with E-state index in [2.05, 4.69) is 22.8 Å². The van der Waals surface area contributed by atoms with Crippen LogP contribution in [0.25, 0.3) is 0 Å². The van der Waals surface area contributed by atoms with E-state index < -0.39 is 0 Å². The third kappa shape index (κ3) is 3.25. The predicted octanol–water partition coefficient (Wildman–Crippen LogP) is 4.22. The van der Waals surface area contributed by atoms with Crippen LogP contribution in [0.5, 0.6) is 0 Å². The van der Waals surface area contributed by atoms with Crippen molar-refractivity contribution in [1.29, 1.82) is 0 Å². The highest BCUT2D eigenvalue weighted by atomic mass is 35.5. The van der Waals surface area contributed by atoms with Crippen LogP contribution in [0.2, 0.25) is 5.02 Å². The second-order valence-corrected chi connectivity index (χ2v) is 6.17. The second kappa shape index (κ2) is 6.41. The number of urea groups is 1. The van der Waals surface area contributed by atoms with Gasteiger partial charge in [-0.2, -0.15) is 0 Å². The maximum Gasteiger partial charge on any atom is 0.315 e. The number of nitrogens with one attached hydrogen (secondary N) is 2. The van der Waals surface area contributed by atoms with Crippen molar-refractivity contribution in [2.75, 3.05) is 0 Å². The van der Waals surface area contributed by atoms with Crippen LogP contribution in [-0.2, 0) is 12.1 Å². The average molecular weight is 315 g/mol. The summed E-state index contributed by atoms with van der Waals surface area (Å²) in [7, 11) is 0. The largest absolute Gasteiger partial charge is 0.334 e. The highest BCUT2D eigenvalue weighted by Crippen LogP contribution is 2.41. The minimum absolute atomic E-state index is 0.126. The minimum atomic E-state index is -0.203. The summed E-state index contributed by atoms with van der Waals surface area (Å²) in [6.07, 6.45) is 3.13. The predicted molar refractivity (Wildman–Crippen MR) is 88.8 cm³/mol. The number of amides is 2. The Labute approximate surface area is 135 Å². The van der Waals surface area contributed by atoms with Gasteiger partial charge in [-0.25, -0.2) is 4.79 Å². The molecule has 0 saturated heterocycles. The van der Waals surface area contributed by atoms with Crippen molar-refractivity contribution in [3.63, 3.8) is 0 Å². The highest BCUT2D eigenvalue weighted by molar-refractivity contribution is 6.30. The van der Waals surface area contributed by atoms with Gasteiger partial charge in [-0.15, -0.1) is 0 Å². The molecular weight excluding hydrogens is 296 g/mol.